The van der Waals surface area contributed by atoms with Gasteiger partial charge < -0.3 is 4.74 Å². The van der Waals surface area contributed by atoms with Crippen LogP contribution in [0, 0.1) is 5.41 Å². The molecule has 1 aromatic carbocycles. The fraction of sp³-hybridized carbons (Fsp3) is 0.312. The third kappa shape index (κ3) is 4.02. The zero-order chi connectivity index (χ0) is 15.5. The average Bonchev–Trinajstić information content (AvgIpc) is 2.45. The number of aromatic nitrogens is 2. The van der Waals surface area contributed by atoms with Crippen LogP contribution in [0.1, 0.15) is 42.9 Å². The minimum absolute atomic E-state index is 0.143. The van der Waals surface area contributed by atoms with Crippen LogP contribution in [0.25, 0.3) is 0 Å². The van der Waals surface area contributed by atoms with Gasteiger partial charge in [0.25, 0.3) is 0 Å². The number of esters is 1. The SMILES string of the molecule is CC(C)(C)[C@@H](OC(=O)c1cnc(Cl)cn1)c1ccccc1. The molecule has 0 saturated carbocycles. The Bertz CT molecular complexity index is 606. The predicted molar refractivity (Wildman–Crippen MR) is 81.1 cm³/mol. The molecule has 0 aliphatic carbocycles. The van der Waals surface area contributed by atoms with Crippen LogP contribution in [-0.4, -0.2) is 15.9 Å². The van der Waals surface area contributed by atoms with E-state index in [0.717, 1.165) is 5.56 Å². The molecule has 21 heavy (non-hydrogen) atoms. The first-order chi connectivity index (χ1) is 9.88. The second kappa shape index (κ2) is 6.22. The number of carbonyl (C=O) groups excluding carboxylic acids is 1. The highest BCUT2D eigenvalue weighted by atomic mass is 35.5. The van der Waals surface area contributed by atoms with E-state index in [4.69, 9.17) is 16.3 Å². The molecule has 0 saturated heterocycles. The van der Waals surface area contributed by atoms with Crippen LogP contribution < -0.4 is 0 Å². The molecule has 0 aliphatic rings. The molecule has 0 amide bonds. The van der Waals surface area contributed by atoms with E-state index in [0.29, 0.717) is 0 Å². The van der Waals surface area contributed by atoms with Crippen LogP contribution in [0.2, 0.25) is 5.15 Å². The summed E-state index contributed by atoms with van der Waals surface area (Å²) in [6, 6.07) is 9.65. The van der Waals surface area contributed by atoms with Gasteiger partial charge in [-0.15, -0.1) is 0 Å². The summed E-state index contributed by atoms with van der Waals surface area (Å²) >= 11 is 5.66. The molecule has 2 rings (SSSR count). The van der Waals surface area contributed by atoms with E-state index in [1.54, 1.807) is 0 Å². The first kappa shape index (κ1) is 15.4. The molecule has 5 heteroatoms. The van der Waals surface area contributed by atoms with Crippen molar-refractivity contribution in [2.45, 2.75) is 26.9 Å². The summed E-state index contributed by atoms with van der Waals surface area (Å²) in [5.74, 6) is -0.511. The van der Waals surface area contributed by atoms with Gasteiger partial charge in [-0.1, -0.05) is 62.7 Å². The van der Waals surface area contributed by atoms with Gasteiger partial charge in [0.1, 0.15) is 11.3 Å². The standard InChI is InChI=1S/C16H17ClN2O2/c1-16(2,3)14(11-7-5-4-6-8-11)21-15(20)12-9-19-13(17)10-18-12/h4-10,14H,1-3H3/t14-/m0/s1. The molecule has 0 N–H and O–H groups in total. The summed E-state index contributed by atoms with van der Waals surface area (Å²) in [7, 11) is 0. The number of ether oxygens (including phenoxy) is 1. The largest absolute Gasteiger partial charge is 0.452 e. The number of halogens is 1. The number of carbonyl (C=O) groups is 1. The lowest BCUT2D eigenvalue weighted by Crippen LogP contribution is -2.24. The van der Waals surface area contributed by atoms with Crippen LogP contribution in [0.5, 0.6) is 0 Å². The van der Waals surface area contributed by atoms with Crippen molar-refractivity contribution in [3.8, 4) is 0 Å². The molecular formula is C16H17ClN2O2. The monoisotopic (exact) mass is 304 g/mol. The van der Waals surface area contributed by atoms with Gasteiger partial charge in [0, 0.05) is 5.41 Å². The van der Waals surface area contributed by atoms with Crippen LogP contribution in [0.15, 0.2) is 42.7 Å². The molecule has 0 aliphatic heterocycles. The Morgan fingerprint density at radius 3 is 2.33 bits per heavy atom. The smallest absolute Gasteiger partial charge is 0.359 e. The highest BCUT2D eigenvalue weighted by Crippen LogP contribution is 2.36. The highest BCUT2D eigenvalue weighted by Gasteiger charge is 2.30. The third-order valence-corrected chi connectivity index (χ3v) is 3.14. The number of hydrogen-bond donors (Lipinski definition) is 0. The van der Waals surface area contributed by atoms with E-state index >= 15 is 0 Å². The van der Waals surface area contributed by atoms with Crippen molar-refractivity contribution in [1.82, 2.24) is 9.97 Å². The molecule has 0 bridgehead atoms. The summed E-state index contributed by atoms with van der Waals surface area (Å²) in [6.07, 6.45) is 2.27. The van der Waals surface area contributed by atoms with Gasteiger partial charge in [-0.3, -0.25) is 0 Å². The maximum atomic E-state index is 12.2. The van der Waals surface area contributed by atoms with Crippen molar-refractivity contribution in [3.63, 3.8) is 0 Å². The van der Waals surface area contributed by atoms with Crippen LogP contribution in [0.3, 0.4) is 0 Å². The topological polar surface area (TPSA) is 52.1 Å². The number of rotatable bonds is 3. The van der Waals surface area contributed by atoms with Crippen molar-refractivity contribution in [2.24, 2.45) is 5.41 Å². The molecule has 1 aromatic heterocycles. The lowest BCUT2D eigenvalue weighted by Gasteiger charge is -2.30. The lowest BCUT2D eigenvalue weighted by atomic mass is 9.84. The first-order valence-electron chi connectivity index (χ1n) is 6.61. The van der Waals surface area contributed by atoms with Crippen molar-refractivity contribution < 1.29 is 9.53 Å². The summed E-state index contributed by atoms with van der Waals surface area (Å²) in [5, 5.41) is 0.238. The quantitative estimate of drug-likeness (QED) is 0.802. The first-order valence-corrected chi connectivity index (χ1v) is 6.99. The summed E-state index contributed by atoms with van der Waals surface area (Å²) in [6.45, 7) is 6.06. The van der Waals surface area contributed by atoms with Crippen molar-refractivity contribution in [3.05, 3.63) is 59.1 Å². The van der Waals surface area contributed by atoms with Gasteiger partial charge in [0.05, 0.1) is 12.4 Å². The van der Waals surface area contributed by atoms with Gasteiger partial charge in [-0.25, -0.2) is 14.8 Å². The molecule has 1 atom stereocenters. The molecule has 0 unspecified atom stereocenters. The van der Waals surface area contributed by atoms with E-state index in [1.165, 1.54) is 12.4 Å². The van der Waals surface area contributed by atoms with Crippen molar-refractivity contribution in [2.75, 3.05) is 0 Å². The minimum atomic E-state index is -0.511. The summed E-state index contributed by atoms with van der Waals surface area (Å²) < 4.78 is 5.64. The average molecular weight is 305 g/mol. The highest BCUT2D eigenvalue weighted by molar-refractivity contribution is 6.29. The van der Waals surface area contributed by atoms with E-state index in [-0.39, 0.29) is 22.4 Å². The normalized spacial score (nSPS) is 12.8. The van der Waals surface area contributed by atoms with Gasteiger partial charge in [-0.2, -0.15) is 0 Å². The van der Waals surface area contributed by atoms with Crippen LogP contribution >= 0.6 is 11.6 Å². The Hall–Kier alpha value is -1.94. The van der Waals surface area contributed by atoms with Crippen LogP contribution in [0.4, 0.5) is 0 Å². The minimum Gasteiger partial charge on any atom is -0.452 e. The Morgan fingerprint density at radius 1 is 1.14 bits per heavy atom. The predicted octanol–water partition coefficient (Wildman–Crippen LogP) is 4.07. The Balaban J connectivity index is 2.24. The van der Waals surface area contributed by atoms with Gasteiger partial charge in [-0.05, 0) is 5.56 Å². The van der Waals surface area contributed by atoms with Crippen molar-refractivity contribution >= 4 is 17.6 Å². The molecule has 0 fully saturated rings. The Kier molecular flexibility index (Phi) is 4.58. The Morgan fingerprint density at radius 2 is 1.81 bits per heavy atom. The zero-order valence-electron chi connectivity index (χ0n) is 12.2. The fourth-order valence-corrected chi connectivity index (χ4v) is 2.06. The van der Waals surface area contributed by atoms with Crippen LogP contribution in [-0.2, 0) is 4.74 Å². The summed E-state index contributed by atoms with van der Waals surface area (Å²) in [4.78, 5) is 20.0. The fourth-order valence-electron chi connectivity index (χ4n) is 1.96. The zero-order valence-corrected chi connectivity index (χ0v) is 13.0. The molecule has 1 heterocycles. The molecule has 2 aromatic rings. The van der Waals surface area contributed by atoms with E-state index in [2.05, 4.69) is 9.97 Å². The molecule has 0 radical (unpaired) electrons. The molecule has 110 valence electrons. The Labute approximate surface area is 129 Å². The molecule has 4 nitrogen and oxygen atoms in total. The van der Waals surface area contributed by atoms with Gasteiger partial charge in [0.15, 0.2) is 5.69 Å². The maximum Gasteiger partial charge on any atom is 0.359 e. The second-order valence-corrected chi connectivity index (χ2v) is 6.17. The van der Waals surface area contributed by atoms with E-state index < -0.39 is 5.97 Å². The maximum absolute atomic E-state index is 12.2. The molecular weight excluding hydrogens is 288 g/mol. The third-order valence-electron chi connectivity index (χ3n) is 2.94. The second-order valence-electron chi connectivity index (χ2n) is 5.79. The van der Waals surface area contributed by atoms with E-state index in [9.17, 15) is 4.79 Å². The number of benzene rings is 1. The van der Waals surface area contributed by atoms with Gasteiger partial charge in [0.2, 0.25) is 0 Å². The number of nitrogens with zero attached hydrogens (tertiary/aromatic N) is 2. The van der Waals surface area contributed by atoms with E-state index in [1.807, 2.05) is 51.1 Å². The summed E-state index contributed by atoms with van der Waals surface area (Å²) in [5.41, 5.74) is 0.849. The van der Waals surface area contributed by atoms with Crippen molar-refractivity contribution in [1.29, 1.82) is 0 Å². The van der Waals surface area contributed by atoms with Gasteiger partial charge >= 0.3 is 5.97 Å². The number of hydrogen-bond acceptors (Lipinski definition) is 4. The molecule has 0 spiro atoms. The lowest BCUT2D eigenvalue weighted by molar-refractivity contribution is -0.00458.